The van der Waals surface area contributed by atoms with Crippen LogP contribution in [-0.2, 0) is 17.7 Å². The Kier molecular flexibility index (Phi) is 9.94. The van der Waals surface area contributed by atoms with Gasteiger partial charge in [0.25, 0.3) is 0 Å². The fourth-order valence-electron chi connectivity index (χ4n) is 4.11. The molecule has 0 spiro atoms. The quantitative estimate of drug-likeness (QED) is 0.266. The number of aliphatic imine (C=N–C) groups is 1. The lowest BCUT2D eigenvalue weighted by Gasteiger charge is -2.40. The molecule has 172 valence electrons. The number of nitrogens with one attached hydrogen (secondary N) is 2. The van der Waals surface area contributed by atoms with E-state index >= 15 is 0 Å². The third-order valence-electron chi connectivity index (χ3n) is 5.45. The highest BCUT2D eigenvalue weighted by Gasteiger charge is 2.35. The number of hydrogen-bond donors (Lipinski definition) is 2. The fraction of sp³-hybridized carbons (Fsp3) is 0.864. The van der Waals surface area contributed by atoms with E-state index in [0.29, 0.717) is 11.8 Å². The van der Waals surface area contributed by atoms with Crippen molar-refractivity contribution in [2.75, 3.05) is 33.0 Å². The molecule has 7 nitrogen and oxygen atoms in total. The summed E-state index contributed by atoms with van der Waals surface area (Å²) in [5.41, 5.74) is 0.158. The minimum absolute atomic E-state index is 0.158. The van der Waals surface area contributed by atoms with E-state index in [1.165, 1.54) is 6.42 Å². The Morgan fingerprint density at radius 3 is 2.70 bits per heavy atom. The predicted molar refractivity (Wildman–Crippen MR) is 126 cm³/mol. The van der Waals surface area contributed by atoms with Crippen LogP contribution in [0.5, 0.6) is 0 Å². The Balaban J connectivity index is 1.79. The van der Waals surface area contributed by atoms with Gasteiger partial charge in [-0.2, -0.15) is 0 Å². The van der Waals surface area contributed by atoms with E-state index < -0.39 is 0 Å². The number of guanidine groups is 1. The van der Waals surface area contributed by atoms with Crippen molar-refractivity contribution in [3.63, 3.8) is 0 Å². The molecular formula is C22H42N6OS. The van der Waals surface area contributed by atoms with Gasteiger partial charge < -0.3 is 19.9 Å². The fourth-order valence-corrected chi connectivity index (χ4v) is 4.64. The van der Waals surface area contributed by atoms with E-state index in [1.54, 1.807) is 11.8 Å². The highest BCUT2D eigenvalue weighted by molar-refractivity contribution is 7.98. The maximum Gasteiger partial charge on any atom is 0.190 e. The Morgan fingerprint density at radius 2 is 2.07 bits per heavy atom. The molecule has 2 N–H and O–H groups in total. The van der Waals surface area contributed by atoms with Crippen LogP contribution < -0.4 is 10.6 Å². The highest BCUT2D eigenvalue weighted by atomic mass is 32.2. The van der Waals surface area contributed by atoms with Gasteiger partial charge in [0.1, 0.15) is 5.82 Å². The van der Waals surface area contributed by atoms with Gasteiger partial charge in [-0.3, -0.25) is 4.99 Å². The molecule has 2 heterocycles. The van der Waals surface area contributed by atoms with Gasteiger partial charge >= 0.3 is 0 Å². The number of rotatable bonds is 9. The van der Waals surface area contributed by atoms with Crippen LogP contribution in [0.2, 0.25) is 0 Å². The number of nitrogens with zero attached hydrogens (tertiary/aromatic N) is 4. The van der Waals surface area contributed by atoms with Crippen molar-refractivity contribution in [3.05, 3.63) is 5.82 Å². The molecule has 1 aliphatic rings. The summed E-state index contributed by atoms with van der Waals surface area (Å²) in [6.45, 7) is 14.8. The molecule has 2 atom stereocenters. The smallest absolute Gasteiger partial charge is 0.190 e. The predicted octanol–water partition coefficient (Wildman–Crippen LogP) is 3.59. The van der Waals surface area contributed by atoms with Crippen LogP contribution in [0.4, 0.5) is 0 Å². The zero-order valence-corrected chi connectivity index (χ0v) is 20.8. The lowest BCUT2D eigenvalue weighted by atomic mass is 9.78. The zero-order chi connectivity index (χ0) is 22.1. The van der Waals surface area contributed by atoms with Gasteiger partial charge in [-0.25, -0.2) is 0 Å². The molecule has 0 saturated carbocycles. The van der Waals surface area contributed by atoms with Crippen molar-refractivity contribution < 1.29 is 4.74 Å². The third kappa shape index (κ3) is 7.45. The molecule has 1 aromatic heterocycles. The standard InChI is InChI=1S/C22H42N6OS/c1-16(2)15-28-18(26-27-21(28)30-7)11-8-12-24-20(23-6)25-14-17-10-9-13-29-19(17)22(3,4)5/h16-17,19H,8-15H2,1-7H3,(H2,23,24,25). The molecule has 2 unspecified atom stereocenters. The lowest BCUT2D eigenvalue weighted by molar-refractivity contribution is -0.0835. The van der Waals surface area contributed by atoms with Crippen LogP contribution in [0.15, 0.2) is 10.1 Å². The average Bonchev–Trinajstić information content (AvgIpc) is 3.07. The van der Waals surface area contributed by atoms with Crippen molar-refractivity contribution in [1.29, 1.82) is 0 Å². The summed E-state index contributed by atoms with van der Waals surface area (Å²) < 4.78 is 8.36. The van der Waals surface area contributed by atoms with Gasteiger partial charge in [-0.15, -0.1) is 10.2 Å². The first-order valence-electron chi connectivity index (χ1n) is 11.3. The SMILES string of the molecule is CN=C(NCCCc1nnc(SC)n1CC(C)C)NCC1CCCOC1C(C)(C)C. The van der Waals surface area contributed by atoms with E-state index in [9.17, 15) is 0 Å². The van der Waals surface area contributed by atoms with E-state index in [0.717, 1.165) is 62.4 Å². The van der Waals surface area contributed by atoms with Gasteiger partial charge in [0.05, 0.1) is 6.10 Å². The Morgan fingerprint density at radius 1 is 1.30 bits per heavy atom. The number of aryl methyl sites for hydroxylation is 1. The van der Waals surface area contributed by atoms with Gasteiger partial charge in [0.15, 0.2) is 11.1 Å². The molecular weight excluding hydrogens is 396 g/mol. The largest absolute Gasteiger partial charge is 0.377 e. The number of hydrogen-bond acceptors (Lipinski definition) is 5. The molecule has 30 heavy (non-hydrogen) atoms. The molecule has 2 rings (SSSR count). The highest BCUT2D eigenvalue weighted by Crippen LogP contribution is 2.33. The molecule has 0 amide bonds. The molecule has 8 heteroatoms. The second kappa shape index (κ2) is 11.9. The van der Waals surface area contributed by atoms with Gasteiger partial charge in [-0.05, 0) is 36.9 Å². The topological polar surface area (TPSA) is 76.4 Å². The number of aromatic nitrogens is 3. The zero-order valence-electron chi connectivity index (χ0n) is 20.0. The summed E-state index contributed by atoms with van der Waals surface area (Å²) in [4.78, 5) is 4.40. The Bertz CT molecular complexity index is 667. The third-order valence-corrected chi connectivity index (χ3v) is 6.11. The van der Waals surface area contributed by atoms with Crippen LogP contribution in [0, 0.1) is 17.3 Å². The summed E-state index contributed by atoms with van der Waals surface area (Å²) in [7, 11) is 1.83. The maximum absolute atomic E-state index is 6.10. The molecule has 1 aromatic rings. The van der Waals surface area contributed by atoms with E-state index in [1.807, 2.05) is 7.05 Å². The van der Waals surface area contributed by atoms with Gasteiger partial charge in [-0.1, -0.05) is 46.4 Å². The van der Waals surface area contributed by atoms with Crippen molar-refractivity contribution in [1.82, 2.24) is 25.4 Å². The molecule has 0 bridgehead atoms. The summed E-state index contributed by atoms with van der Waals surface area (Å²) in [5.74, 6) is 3.02. The summed E-state index contributed by atoms with van der Waals surface area (Å²) in [6.07, 6.45) is 6.59. The van der Waals surface area contributed by atoms with E-state index in [2.05, 4.69) is 71.3 Å². The molecule has 1 fully saturated rings. The van der Waals surface area contributed by atoms with Gasteiger partial charge in [0.2, 0.25) is 0 Å². The van der Waals surface area contributed by atoms with E-state index in [-0.39, 0.29) is 11.5 Å². The first-order chi connectivity index (χ1) is 14.3. The maximum atomic E-state index is 6.10. The summed E-state index contributed by atoms with van der Waals surface area (Å²) >= 11 is 1.66. The molecule has 0 radical (unpaired) electrons. The minimum atomic E-state index is 0.158. The average molecular weight is 439 g/mol. The first-order valence-corrected chi connectivity index (χ1v) is 12.5. The monoisotopic (exact) mass is 438 g/mol. The number of thioether (sulfide) groups is 1. The minimum Gasteiger partial charge on any atom is -0.377 e. The van der Waals surface area contributed by atoms with Crippen LogP contribution in [0.3, 0.4) is 0 Å². The van der Waals surface area contributed by atoms with Gasteiger partial charge in [0, 0.05) is 45.6 Å². The second-order valence-corrected chi connectivity index (χ2v) is 10.4. The molecule has 1 aliphatic heterocycles. The van der Waals surface area contributed by atoms with Crippen molar-refractivity contribution in [2.24, 2.45) is 22.2 Å². The Hall–Kier alpha value is -1.28. The Labute approximate surface area is 187 Å². The molecule has 0 aliphatic carbocycles. The van der Waals surface area contributed by atoms with Crippen LogP contribution in [0.25, 0.3) is 0 Å². The molecule has 1 saturated heterocycles. The first kappa shape index (κ1) is 25.0. The summed E-state index contributed by atoms with van der Waals surface area (Å²) in [6, 6.07) is 0. The molecule has 0 aromatic carbocycles. The van der Waals surface area contributed by atoms with E-state index in [4.69, 9.17) is 4.74 Å². The van der Waals surface area contributed by atoms with Crippen LogP contribution >= 0.6 is 11.8 Å². The van der Waals surface area contributed by atoms with Crippen molar-refractivity contribution in [3.8, 4) is 0 Å². The van der Waals surface area contributed by atoms with Crippen LogP contribution in [0.1, 0.15) is 59.7 Å². The lowest BCUT2D eigenvalue weighted by Crippen LogP contribution is -2.47. The van der Waals surface area contributed by atoms with Crippen molar-refractivity contribution >= 4 is 17.7 Å². The van der Waals surface area contributed by atoms with Crippen molar-refractivity contribution in [2.45, 2.75) is 78.1 Å². The number of ether oxygens (including phenoxy) is 1. The normalized spacial score (nSPS) is 20.6. The van der Waals surface area contributed by atoms with Crippen LogP contribution in [-0.4, -0.2) is 59.8 Å². The second-order valence-electron chi connectivity index (χ2n) is 9.65. The summed E-state index contributed by atoms with van der Waals surface area (Å²) in [5, 5.41) is 16.7.